The zero-order valence-electron chi connectivity index (χ0n) is 23.6. The lowest BCUT2D eigenvalue weighted by molar-refractivity contribution is 0.0302. The SMILES string of the molecule is C#Cc1cccc2cc(O)cc(-c3ncc4c(N5CC6CCC(C5)O6)nc(OC[C@@]56CCCN5C[C@H](F)C6)nc4c3F)c12. The molecule has 0 saturated carbocycles. The summed E-state index contributed by atoms with van der Waals surface area (Å²) in [4.78, 5) is 18.2. The number of hydrogen-bond donors (Lipinski definition) is 1. The molecule has 220 valence electrons. The molecule has 0 aliphatic carbocycles. The van der Waals surface area contributed by atoms with Crippen LogP contribution in [0, 0.1) is 18.2 Å². The first kappa shape index (κ1) is 26.5. The molecule has 4 aliphatic rings. The molecule has 4 aliphatic heterocycles. The summed E-state index contributed by atoms with van der Waals surface area (Å²) in [5.74, 6) is 2.52. The van der Waals surface area contributed by atoms with Crippen LogP contribution < -0.4 is 9.64 Å². The molecule has 8 nitrogen and oxygen atoms in total. The Labute approximate surface area is 247 Å². The van der Waals surface area contributed by atoms with E-state index in [1.54, 1.807) is 24.4 Å². The molecule has 2 unspecified atom stereocenters. The molecule has 2 bridgehead atoms. The van der Waals surface area contributed by atoms with Crippen LogP contribution >= 0.6 is 0 Å². The van der Waals surface area contributed by atoms with E-state index < -0.39 is 17.5 Å². The van der Waals surface area contributed by atoms with Crippen molar-refractivity contribution in [1.29, 1.82) is 0 Å². The molecule has 4 atom stereocenters. The van der Waals surface area contributed by atoms with Gasteiger partial charge in [0, 0.05) is 48.8 Å². The number of morpholine rings is 1. The second-order valence-electron chi connectivity index (χ2n) is 12.3. The first-order valence-corrected chi connectivity index (χ1v) is 14.9. The molecule has 0 amide bonds. The summed E-state index contributed by atoms with van der Waals surface area (Å²) in [6.45, 7) is 2.72. The summed E-state index contributed by atoms with van der Waals surface area (Å²) < 4.78 is 43.4. The molecule has 4 fully saturated rings. The summed E-state index contributed by atoms with van der Waals surface area (Å²) in [6, 6.07) is 8.50. The van der Waals surface area contributed by atoms with Crippen molar-refractivity contribution < 1.29 is 23.4 Å². The van der Waals surface area contributed by atoms with Crippen LogP contribution in [0.5, 0.6) is 11.8 Å². The number of pyridine rings is 1. The minimum atomic E-state index is -0.892. The fourth-order valence-electron chi connectivity index (χ4n) is 7.67. The number of rotatable bonds is 5. The zero-order valence-corrected chi connectivity index (χ0v) is 23.6. The number of alkyl halides is 1. The van der Waals surface area contributed by atoms with Gasteiger partial charge in [0.25, 0.3) is 0 Å². The van der Waals surface area contributed by atoms with Crippen molar-refractivity contribution in [2.75, 3.05) is 37.7 Å². The largest absolute Gasteiger partial charge is 0.508 e. The number of fused-ring (bicyclic) bond motifs is 5. The van der Waals surface area contributed by atoms with E-state index in [-0.39, 0.29) is 41.8 Å². The molecular formula is C33H31F2N5O3. The Morgan fingerprint density at radius 1 is 1.16 bits per heavy atom. The van der Waals surface area contributed by atoms with Gasteiger partial charge in [-0.15, -0.1) is 6.42 Å². The van der Waals surface area contributed by atoms with E-state index in [2.05, 4.69) is 25.7 Å². The molecule has 43 heavy (non-hydrogen) atoms. The van der Waals surface area contributed by atoms with Crippen molar-refractivity contribution in [2.24, 2.45) is 0 Å². The Bertz CT molecular complexity index is 1800. The lowest BCUT2D eigenvalue weighted by atomic mass is 9.95. The second kappa shape index (κ2) is 10.00. The van der Waals surface area contributed by atoms with Crippen LogP contribution in [0.2, 0.25) is 0 Å². The summed E-state index contributed by atoms with van der Waals surface area (Å²) >= 11 is 0. The van der Waals surface area contributed by atoms with Crippen molar-refractivity contribution in [1.82, 2.24) is 19.9 Å². The van der Waals surface area contributed by atoms with Crippen LogP contribution in [0.1, 0.15) is 37.7 Å². The number of halogens is 2. The van der Waals surface area contributed by atoms with Crippen LogP contribution in [-0.4, -0.2) is 81.7 Å². The number of nitrogens with zero attached hydrogens (tertiary/aromatic N) is 5. The van der Waals surface area contributed by atoms with Crippen molar-refractivity contribution in [2.45, 2.75) is 56.0 Å². The van der Waals surface area contributed by atoms with Gasteiger partial charge in [-0.3, -0.25) is 9.88 Å². The fourth-order valence-corrected chi connectivity index (χ4v) is 7.67. The van der Waals surface area contributed by atoms with E-state index >= 15 is 4.39 Å². The Kier molecular flexibility index (Phi) is 6.17. The highest BCUT2D eigenvalue weighted by Gasteiger charge is 2.49. The number of aromatic hydroxyl groups is 1. The highest BCUT2D eigenvalue weighted by molar-refractivity contribution is 6.02. The smallest absolute Gasteiger partial charge is 0.319 e. The predicted octanol–water partition coefficient (Wildman–Crippen LogP) is 4.99. The first-order valence-electron chi connectivity index (χ1n) is 14.9. The molecule has 0 radical (unpaired) electrons. The van der Waals surface area contributed by atoms with E-state index in [0.29, 0.717) is 59.2 Å². The minimum absolute atomic E-state index is 0.0189. The number of benzene rings is 2. The van der Waals surface area contributed by atoms with E-state index in [1.807, 2.05) is 6.07 Å². The maximum absolute atomic E-state index is 16.7. The molecule has 10 heteroatoms. The Balaban J connectivity index is 1.27. The van der Waals surface area contributed by atoms with Crippen LogP contribution in [0.3, 0.4) is 0 Å². The third-order valence-electron chi connectivity index (χ3n) is 9.59. The predicted molar refractivity (Wildman–Crippen MR) is 158 cm³/mol. The lowest BCUT2D eigenvalue weighted by Crippen LogP contribution is -2.44. The quantitative estimate of drug-likeness (QED) is 0.329. The molecule has 0 spiro atoms. The summed E-state index contributed by atoms with van der Waals surface area (Å²) in [5.41, 5.74) is 0.618. The van der Waals surface area contributed by atoms with E-state index in [0.717, 1.165) is 32.2 Å². The van der Waals surface area contributed by atoms with Crippen LogP contribution in [0.25, 0.3) is 32.9 Å². The van der Waals surface area contributed by atoms with Gasteiger partial charge in [-0.2, -0.15) is 9.97 Å². The van der Waals surface area contributed by atoms with Crippen molar-refractivity contribution in [3.05, 3.63) is 47.9 Å². The minimum Gasteiger partial charge on any atom is -0.508 e. The highest BCUT2D eigenvalue weighted by atomic mass is 19.1. The molecule has 6 heterocycles. The van der Waals surface area contributed by atoms with Gasteiger partial charge in [0.15, 0.2) is 5.82 Å². The van der Waals surface area contributed by atoms with E-state index in [9.17, 15) is 9.50 Å². The summed E-state index contributed by atoms with van der Waals surface area (Å²) in [6.07, 6.45) is 10.8. The number of anilines is 1. The fraction of sp³-hybridized carbons (Fsp3) is 0.424. The van der Waals surface area contributed by atoms with Gasteiger partial charge in [-0.05, 0) is 55.8 Å². The molecule has 2 aromatic carbocycles. The molecule has 2 aromatic heterocycles. The van der Waals surface area contributed by atoms with Crippen LogP contribution in [0.4, 0.5) is 14.6 Å². The number of aromatic nitrogens is 3. The molecule has 8 rings (SSSR count). The van der Waals surface area contributed by atoms with Crippen molar-refractivity contribution in [3.8, 4) is 35.4 Å². The summed E-state index contributed by atoms with van der Waals surface area (Å²) in [7, 11) is 0. The number of ether oxygens (including phenoxy) is 2. The first-order chi connectivity index (χ1) is 20.9. The van der Waals surface area contributed by atoms with Gasteiger partial charge < -0.3 is 19.5 Å². The van der Waals surface area contributed by atoms with Gasteiger partial charge in [-0.25, -0.2) is 8.78 Å². The average Bonchev–Trinajstić information content (AvgIpc) is 3.65. The Morgan fingerprint density at radius 3 is 2.81 bits per heavy atom. The standard InChI is InChI=1S/C33H31F2N5O3/c1-2-19-5-3-6-20-11-22(41)12-25(27(19)20)29-28(35)30-26(14-36-29)31(39-16-23-7-8-24(17-39)43-23)38-32(37-30)42-18-33-9-4-10-40(33)15-21(34)13-33/h1,3,5-6,11-12,14,21,23-24,41H,4,7-10,13,15-18H2/t21-,23?,24?,33+/m1/s1. The average molecular weight is 584 g/mol. The maximum atomic E-state index is 16.7. The summed E-state index contributed by atoms with van der Waals surface area (Å²) in [5, 5.41) is 12.3. The van der Waals surface area contributed by atoms with E-state index in [1.165, 1.54) is 6.07 Å². The lowest BCUT2D eigenvalue weighted by Gasteiger charge is -2.34. The van der Waals surface area contributed by atoms with Gasteiger partial charge in [0.05, 0.1) is 23.1 Å². The molecular weight excluding hydrogens is 552 g/mol. The van der Waals surface area contributed by atoms with E-state index in [4.69, 9.17) is 20.9 Å². The number of terminal acetylenes is 1. The zero-order chi connectivity index (χ0) is 29.3. The third-order valence-corrected chi connectivity index (χ3v) is 9.59. The van der Waals surface area contributed by atoms with Gasteiger partial charge in [0.1, 0.15) is 35.6 Å². The number of phenols is 1. The number of hydrogen-bond acceptors (Lipinski definition) is 8. The molecule has 1 N–H and O–H groups in total. The monoisotopic (exact) mass is 583 g/mol. The highest BCUT2D eigenvalue weighted by Crippen LogP contribution is 2.42. The number of phenolic OH excluding ortho intramolecular Hbond substituents is 1. The maximum Gasteiger partial charge on any atom is 0.319 e. The molecule has 4 saturated heterocycles. The topological polar surface area (TPSA) is 83.8 Å². The van der Waals surface area contributed by atoms with Gasteiger partial charge in [0.2, 0.25) is 0 Å². The van der Waals surface area contributed by atoms with Crippen LogP contribution in [-0.2, 0) is 4.74 Å². The Morgan fingerprint density at radius 2 is 2.00 bits per heavy atom. The normalized spacial score (nSPS) is 26.7. The second-order valence-corrected chi connectivity index (χ2v) is 12.3. The van der Waals surface area contributed by atoms with Gasteiger partial charge in [-0.1, -0.05) is 18.1 Å². The van der Waals surface area contributed by atoms with Gasteiger partial charge >= 0.3 is 6.01 Å². The third kappa shape index (κ3) is 4.36. The van der Waals surface area contributed by atoms with Crippen molar-refractivity contribution in [3.63, 3.8) is 0 Å². The molecule has 4 aromatic rings. The van der Waals surface area contributed by atoms with Crippen LogP contribution in [0.15, 0.2) is 36.5 Å². The Hall–Kier alpha value is -4.07. The van der Waals surface area contributed by atoms with Crippen molar-refractivity contribution >= 4 is 27.5 Å².